The summed E-state index contributed by atoms with van der Waals surface area (Å²) in [6.07, 6.45) is 0.429. The Morgan fingerprint density at radius 3 is 3.11 bits per heavy atom. The molecule has 6 heteroatoms. The Morgan fingerprint density at radius 1 is 1.50 bits per heavy atom. The lowest BCUT2D eigenvalue weighted by atomic mass is 9.82. The van der Waals surface area contributed by atoms with Crippen LogP contribution in [0.25, 0.3) is 0 Å². The van der Waals surface area contributed by atoms with Gasteiger partial charge in [-0.15, -0.1) is 0 Å². The van der Waals surface area contributed by atoms with Gasteiger partial charge in [0.15, 0.2) is 0 Å². The van der Waals surface area contributed by atoms with Crippen molar-refractivity contribution in [3.63, 3.8) is 0 Å². The van der Waals surface area contributed by atoms with Crippen LogP contribution in [0.3, 0.4) is 0 Å². The Bertz CT molecular complexity index is 493. The van der Waals surface area contributed by atoms with Gasteiger partial charge in [0.05, 0.1) is 12.5 Å². The number of hydrogen-bond donors (Lipinski definition) is 0. The molecule has 0 aliphatic carbocycles. The summed E-state index contributed by atoms with van der Waals surface area (Å²) in [5.41, 5.74) is 0.825. The van der Waals surface area contributed by atoms with Crippen LogP contribution in [-0.2, 0) is 4.74 Å². The predicted molar refractivity (Wildman–Crippen MR) is 64.5 cm³/mol. The van der Waals surface area contributed by atoms with Crippen molar-refractivity contribution in [1.82, 2.24) is 0 Å². The SMILES string of the molecule is O=[N+]([O-])C[C@@H]1c2cc(Cl)ccc2O[C@H]2OCC[C@H]21. The molecule has 1 fully saturated rings. The molecule has 0 unspecified atom stereocenters. The van der Waals surface area contributed by atoms with Gasteiger partial charge in [-0.3, -0.25) is 10.1 Å². The van der Waals surface area contributed by atoms with Crippen LogP contribution in [0.5, 0.6) is 5.75 Å². The van der Waals surface area contributed by atoms with Crippen molar-refractivity contribution in [2.24, 2.45) is 5.92 Å². The summed E-state index contributed by atoms with van der Waals surface area (Å²) in [5, 5.41) is 11.4. The number of nitro groups is 1. The summed E-state index contributed by atoms with van der Waals surface area (Å²) in [6, 6.07) is 5.24. The van der Waals surface area contributed by atoms with E-state index in [1.807, 2.05) is 0 Å². The molecule has 1 aromatic carbocycles. The average molecular weight is 270 g/mol. The number of benzene rings is 1. The van der Waals surface area contributed by atoms with Crippen LogP contribution in [0, 0.1) is 16.0 Å². The third-order valence-electron chi connectivity index (χ3n) is 3.56. The molecule has 0 N–H and O–H groups in total. The molecule has 0 saturated carbocycles. The molecule has 1 saturated heterocycles. The third kappa shape index (κ3) is 1.93. The van der Waals surface area contributed by atoms with Crippen molar-refractivity contribution in [2.45, 2.75) is 18.6 Å². The molecule has 0 aromatic heterocycles. The largest absolute Gasteiger partial charge is 0.464 e. The molecule has 3 rings (SSSR count). The number of hydrogen-bond acceptors (Lipinski definition) is 4. The topological polar surface area (TPSA) is 61.6 Å². The number of rotatable bonds is 2. The lowest BCUT2D eigenvalue weighted by Gasteiger charge is -2.32. The average Bonchev–Trinajstić information content (AvgIpc) is 2.77. The highest BCUT2D eigenvalue weighted by molar-refractivity contribution is 6.30. The van der Waals surface area contributed by atoms with Crippen LogP contribution in [0.15, 0.2) is 18.2 Å². The molecular formula is C12H12ClNO4. The van der Waals surface area contributed by atoms with Gasteiger partial charge in [-0.2, -0.15) is 0 Å². The summed E-state index contributed by atoms with van der Waals surface area (Å²) in [6.45, 7) is 0.479. The molecule has 96 valence electrons. The molecule has 2 aliphatic rings. The molecule has 1 aromatic rings. The standard InChI is InChI=1S/C12H12ClNO4/c13-7-1-2-11-9(5-7)10(6-14(15)16)8-3-4-17-12(8)18-11/h1-2,5,8,10,12H,3-4,6H2/t8-,10-,12+/m0/s1. The highest BCUT2D eigenvalue weighted by Gasteiger charge is 2.44. The van der Waals surface area contributed by atoms with E-state index in [1.54, 1.807) is 18.2 Å². The van der Waals surface area contributed by atoms with Crippen molar-refractivity contribution in [3.8, 4) is 5.75 Å². The van der Waals surface area contributed by atoms with Crippen LogP contribution in [0.1, 0.15) is 17.9 Å². The van der Waals surface area contributed by atoms with Crippen LogP contribution in [0.4, 0.5) is 0 Å². The molecule has 0 spiro atoms. The maximum Gasteiger partial charge on any atom is 0.211 e. The highest BCUT2D eigenvalue weighted by atomic mass is 35.5. The van der Waals surface area contributed by atoms with E-state index < -0.39 is 0 Å². The summed E-state index contributed by atoms with van der Waals surface area (Å²) in [5.74, 6) is 0.505. The molecule has 0 radical (unpaired) electrons. The summed E-state index contributed by atoms with van der Waals surface area (Å²) >= 11 is 5.96. The second-order valence-corrected chi connectivity index (χ2v) is 5.05. The summed E-state index contributed by atoms with van der Waals surface area (Å²) < 4.78 is 11.2. The van der Waals surface area contributed by atoms with E-state index in [4.69, 9.17) is 21.1 Å². The van der Waals surface area contributed by atoms with E-state index in [2.05, 4.69) is 0 Å². The second-order valence-electron chi connectivity index (χ2n) is 4.61. The summed E-state index contributed by atoms with van der Waals surface area (Å²) in [7, 11) is 0. The van der Waals surface area contributed by atoms with Crippen molar-refractivity contribution in [2.75, 3.05) is 13.2 Å². The maximum atomic E-state index is 10.8. The third-order valence-corrected chi connectivity index (χ3v) is 3.80. The first-order valence-corrected chi connectivity index (χ1v) is 6.22. The van der Waals surface area contributed by atoms with Crippen LogP contribution in [-0.4, -0.2) is 24.4 Å². The Morgan fingerprint density at radius 2 is 2.33 bits per heavy atom. The first kappa shape index (κ1) is 11.7. The molecule has 0 bridgehead atoms. The highest BCUT2D eigenvalue weighted by Crippen LogP contribution is 2.45. The smallest absolute Gasteiger partial charge is 0.211 e. The van der Waals surface area contributed by atoms with Crippen molar-refractivity contribution in [3.05, 3.63) is 38.9 Å². The number of nitrogens with zero attached hydrogens (tertiary/aromatic N) is 1. The van der Waals surface area contributed by atoms with Gasteiger partial charge >= 0.3 is 0 Å². The molecular weight excluding hydrogens is 258 g/mol. The second kappa shape index (κ2) is 4.40. The van der Waals surface area contributed by atoms with E-state index in [0.29, 0.717) is 17.4 Å². The first-order valence-electron chi connectivity index (χ1n) is 5.84. The van der Waals surface area contributed by atoms with Gasteiger partial charge in [0.2, 0.25) is 12.8 Å². The minimum atomic E-state index is -0.358. The number of fused-ring (bicyclic) bond motifs is 2. The predicted octanol–water partition coefficient (Wildman–Crippen LogP) is 2.46. The van der Waals surface area contributed by atoms with E-state index >= 15 is 0 Å². The Kier molecular flexibility index (Phi) is 2.87. The minimum Gasteiger partial charge on any atom is -0.464 e. The molecule has 18 heavy (non-hydrogen) atoms. The Labute approximate surface area is 109 Å². The van der Waals surface area contributed by atoms with Crippen LogP contribution in [0.2, 0.25) is 5.02 Å². The molecule has 5 nitrogen and oxygen atoms in total. The van der Waals surface area contributed by atoms with Crippen LogP contribution >= 0.6 is 11.6 Å². The molecule has 2 heterocycles. The zero-order valence-corrected chi connectivity index (χ0v) is 10.3. The first-order chi connectivity index (χ1) is 8.65. The zero-order valence-electron chi connectivity index (χ0n) is 9.54. The molecule has 2 aliphatic heterocycles. The van der Waals surface area contributed by atoms with Gasteiger partial charge in [0, 0.05) is 21.4 Å². The van der Waals surface area contributed by atoms with Crippen molar-refractivity contribution >= 4 is 11.6 Å². The molecule has 3 atom stereocenters. The number of ether oxygens (including phenoxy) is 2. The fourth-order valence-corrected chi connectivity index (χ4v) is 2.94. The lowest BCUT2D eigenvalue weighted by molar-refractivity contribution is -0.485. The zero-order chi connectivity index (χ0) is 12.7. The fraction of sp³-hybridized carbons (Fsp3) is 0.500. The summed E-state index contributed by atoms with van der Waals surface area (Å²) in [4.78, 5) is 10.6. The normalized spacial score (nSPS) is 29.3. The Hall–Kier alpha value is -1.33. The number of halogens is 1. The van der Waals surface area contributed by atoms with Crippen molar-refractivity contribution in [1.29, 1.82) is 0 Å². The van der Waals surface area contributed by atoms with Crippen LogP contribution < -0.4 is 4.74 Å². The van der Waals surface area contributed by atoms with E-state index in [0.717, 1.165) is 12.0 Å². The minimum absolute atomic E-state index is 0.0429. The lowest BCUT2D eigenvalue weighted by Crippen LogP contribution is -2.35. The van der Waals surface area contributed by atoms with Gasteiger partial charge in [-0.1, -0.05) is 11.6 Å². The Balaban J connectivity index is 2.02. The van der Waals surface area contributed by atoms with Gasteiger partial charge < -0.3 is 9.47 Å². The monoisotopic (exact) mass is 269 g/mol. The van der Waals surface area contributed by atoms with Gasteiger partial charge in [-0.05, 0) is 24.6 Å². The van der Waals surface area contributed by atoms with E-state index in [-0.39, 0.29) is 29.6 Å². The van der Waals surface area contributed by atoms with Gasteiger partial charge in [0.1, 0.15) is 5.75 Å². The van der Waals surface area contributed by atoms with Crippen molar-refractivity contribution < 1.29 is 14.4 Å². The van der Waals surface area contributed by atoms with Gasteiger partial charge in [-0.25, -0.2) is 0 Å². The van der Waals surface area contributed by atoms with Gasteiger partial charge in [0.25, 0.3) is 0 Å². The fourth-order valence-electron chi connectivity index (χ4n) is 2.76. The van der Waals surface area contributed by atoms with E-state index in [1.165, 1.54) is 0 Å². The quantitative estimate of drug-likeness (QED) is 0.611. The maximum absolute atomic E-state index is 10.8. The van der Waals surface area contributed by atoms with E-state index in [9.17, 15) is 10.1 Å². The molecule has 0 amide bonds.